The highest BCUT2D eigenvalue weighted by Gasteiger charge is 2.33. The molecule has 0 aromatic rings. The van der Waals surface area contributed by atoms with Crippen LogP contribution in [-0.2, 0) is 4.79 Å². The highest BCUT2D eigenvalue weighted by molar-refractivity contribution is 5.83. The summed E-state index contributed by atoms with van der Waals surface area (Å²) in [7, 11) is 0. The van der Waals surface area contributed by atoms with Gasteiger partial charge in [-0.2, -0.15) is 0 Å². The van der Waals surface area contributed by atoms with Gasteiger partial charge >= 0.3 is 12.0 Å². The first kappa shape index (κ1) is 13.8. The largest absolute Gasteiger partial charge is 0.480 e. The molecule has 2 N–H and O–H groups in total. The smallest absolute Gasteiger partial charge is 0.326 e. The van der Waals surface area contributed by atoms with E-state index in [-0.39, 0.29) is 11.4 Å². The van der Waals surface area contributed by atoms with Gasteiger partial charge in [-0.25, -0.2) is 9.59 Å². The lowest BCUT2D eigenvalue weighted by Crippen LogP contribution is -2.46. The van der Waals surface area contributed by atoms with E-state index < -0.39 is 12.0 Å². The summed E-state index contributed by atoms with van der Waals surface area (Å²) in [5, 5.41) is 11.8. The van der Waals surface area contributed by atoms with Crippen LogP contribution in [0, 0.1) is 5.41 Å². The van der Waals surface area contributed by atoms with Gasteiger partial charge in [0.25, 0.3) is 0 Å². The molecule has 0 spiro atoms. The molecule has 0 aromatic carbocycles. The zero-order valence-electron chi connectivity index (χ0n) is 10.8. The number of amides is 2. The maximum atomic E-state index is 11.8. The van der Waals surface area contributed by atoms with Crippen LogP contribution in [0.3, 0.4) is 0 Å². The fraction of sp³-hybridized carbons (Fsp3) is 0.833. The molecule has 5 heteroatoms. The Hall–Kier alpha value is -1.26. The van der Waals surface area contributed by atoms with E-state index in [1.165, 1.54) is 4.90 Å². The van der Waals surface area contributed by atoms with Crippen molar-refractivity contribution in [2.45, 2.75) is 46.1 Å². The molecule has 1 aliphatic heterocycles. The first-order valence-electron chi connectivity index (χ1n) is 6.08. The SMILES string of the molecule is CC(C)(C)CCNC(=O)N1CCC[C@H]1C(=O)O. The monoisotopic (exact) mass is 242 g/mol. The predicted molar refractivity (Wildman–Crippen MR) is 64.8 cm³/mol. The number of carboxylic acid groups (broad SMARTS) is 1. The van der Waals surface area contributed by atoms with Crippen LogP contribution in [0.15, 0.2) is 0 Å². The number of carboxylic acids is 1. The second-order valence-electron chi connectivity index (χ2n) is 5.73. The van der Waals surface area contributed by atoms with E-state index in [0.29, 0.717) is 19.5 Å². The average Bonchev–Trinajstić information content (AvgIpc) is 2.63. The molecule has 5 nitrogen and oxygen atoms in total. The number of rotatable bonds is 3. The summed E-state index contributed by atoms with van der Waals surface area (Å²) >= 11 is 0. The third kappa shape index (κ3) is 4.24. The lowest BCUT2D eigenvalue weighted by molar-refractivity contribution is -0.141. The first-order chi connectivity index (χ1) is 7.81. The fourth-order valence-corrected chi connectivity index (χ4v) is 1.91. The lowest BCUT2D eigenvalue weighted by Gasteiger charge is -2.23. The zero-order chi connectivity index (χ0) is 13.1. The van der Waals surface area contributed by atoms with Crippen molar-refractivity contribution in [3.63, 3.8) is 0 Å². The summed E-state index contributed by atoms with van der Waals surface area (Å²) < 4.78 is 0. The van der Waals surface area contributed by atoms with Gasteiger partial charge in [0.2, 0.25) is 0 Å². The molecule has 1 aliphatic rings. The van der Waals surface area contributed by atoms with Crippen LogP contribution in [0.2, 0.25) is 0 Å². The van der Waals surface area contributed by atoms with Gasteiger partial charge in [-0.15, -0.1) is 0 Å². The molecule has 0 saturated carbocycles. The maximum absolute atomic E-state index is 11.8. The van der Waals surface area contributed by atoms with Crippen LogP contribution < -0.4 is 5.32 Å². The van der Waals surface area contributed by atoms with E-state index in [1.54, 1.807) is 0 Å². The molecule has 2 amide bonds. The Morgan fingerprint density at radius 3 is 2.59 bits per heavy atom. The molecule has 1 atom stereocenters. The molecule has 0 aliphatic carbocycles. The molecule has 0 aromatic heterocycles. The molecule has 1 saturated heterocycles. The van der Waals surface area contributed by atoms with E-state index in [4.69, 9.17) is 5.11 Å². The van der Waals surface area contributed by atoms with Gasteiger partial charge in [0.05, 0.1) is 0 Å². The van der Waals surface area contributed by atoms with Crippen molar-refractivity contribution in [2.24, 2.45) is 5.41 Å². The van der Waals surface area contributed by atoms with Crippen molar-refractivity contribution in [1.82, 2.24) is 10.2 Å². The number of urea groups is 1. The molecule has 98 valence electrons. The highest BCUT2D eigenvalue weighted by Crippen LogP contribution is 2.19. The van der Waals surface area contributed by atoms with Crippen LogP contribution in [0.25, 0.3) is 0 Å². The summed E-state index contributed by atoms with van der Waals surface area (Å²) in [6, 6.07) is -0.899. The molecule has 0 radical (unpaired) electrons. The molecule has 1 rings (SSSR count). The number of aliphatic carboxylic acids is 1. The van der Waals surface area contributed by atoms with Crippen molar-refractivity contribution in [3.05, 3.63) is 0 Å². The Morgan fingerprint density at radius 1 is 1.41 bits per heavy atom. The summed E-state index contributed by atoms with van der Waals surface area (Å²) in [5.41, 5.74) is 0.171. The number of carbonyl (C=O) groups excluding carboxylic acids is 1. The van der Waals surface area contributed by atoms with Gasteiger partial charge in [-0.05, 0) is 24.7 Å². The number of nitrogens with zero attached hydrogens (tertiary/aromatic N) is 1. The number of likely N-dealkylation sites (tertiary alicyclic amines) is 1. The van der Waals surface area contributed by atoms with Gasteiger partial charge in [0.15, 0.2) is 0 Å². The normalized spacial score (nSPS) is 20.4. The standard InChI is InChI=1S/C12H22N2O3/c1-12(2,3)6-7-13-11(17)14-8-4-5-9(14)10(15)16/h9H,4-8H2,1-3H3,(H,13,17)(H,15,16)/t9-/m0/s1. The number of hydrogen-bond donors (Lipinski definition) is 2. The average molecular weight is 242 g/mol. The lowest BCUT2D eigenvalue weighted by atomic mass is 9.92. The third-order valence-electron chi connectivity index (χ3n) is 2.95. The number of carbonyl (C=O) groups is 2. The Bertz CT molecular complexity index is 297. The zero-order valence-corrected chi connectivity index (χ0v) is 10.8. The number of hydrogen-bond acceptors (Lipinski definition) is 2. The molecule has 1 heterocycles. The second kappa shape index (κ2) is 5.38. The molecule has 0 unspecified atom stereocenters. The van der Waals surface area contributed by atoms with Crippen molar-refractivity contribution in [3.8, 4) is 0 Å². The Kier molecular flexibility index (Phi) is 4.37. The van der Waals surface area contributed by atoms with E-state index in [1.807, 2.05) is 0 Å². The highest BCUT2D eigenvalue weighted by atomic mass is 16.4. The Morgan fingerprint density at radius 2 is 2.06 bits per heavy atom. The third-order valence-corrected chi connectivity index (χ3v) is 2.95. The van der Waals surface area contributed by atoms with Crippen molar-refractivity contribution < 1.29 is 14.7 Å². The molecule has 1 fully saturated rings. The number of nitrogens with one attached hydrogen (secondary N) is 1. The van der Waals surface area contributed by atoms with Crippen LogP contribution in [0.1, 0.15) is 40.0 Å². The van der Waals surface area contributed by atoms with E-state index >= 15 is 0 Å². The first-order valence-corrected chi connectivity index (χ1v) is 6.08. The van der Waals surface area contributed by atoms with E-state index in [0.717, 1.165) is 12.8 Å². The minimum Gasteiger partial charge on any atom is -0.480 e. The van der Waals surface area contributed by atoms with Crippen LogP contribution in [-0.4, -0.2) is 41.1 Å². The van der Waals surface area contributed by atoms with Crippen molar-refractivity contribution in [2.75, 3.05) is 13.1 Å². The van der Waals surface area contributed by atoms with Crippen molar-refractivity contribution >= 4 is 12.0 Å². The van der Waals surface area contributed by atoms with Crippen LogP contribution >= 0.6 is 0 Å². The van der Waals surface area contributed by atoms with Crippen molar-refractivity contribution in [1.29, 1.82) is 0 Å². The predicted octanol–water partition coefficient (Wildman–Crippen LogP) is 1.68. The van der Waals surface area contributed by atoms with E-state index in [2.05, 4.69) is 26.1 Å². The van der Waals surface area contributed by atoms with Gasteiger partial charge in [-0.3, -0.25) is 0 Å². The summed E-state index contributed by atoms with van der Waals surface area (Å²) in [5.74, 6) is -0.909. The summed E-state index contributed by atoms with van der Waals surface area (Å²) in [6.45, 7) is 7.45. The van der Waals surface area contributed by atoms with Crippen LogP contribution in [0.4, 0.5) is 4.79 Å². The Balaban J connectivity index is 2.40. The summed E-state index contributed by atoms with van der Waals surface area (Å²) in [6.07, 6.45) is 2.20. The topological polar surface area (TPSA) is 69.6 Å². The minimum atomic E-state index is -0.909. The quantitative estimate of drug-likeness (QED) is 0.791. The van der Waals surface area contributed by atoms with Crippen LogP contribution in [0.5, 0.6) is 0 Å². The molecule has 0 bridgehead atoms. The summed E-state index contributed by atoms with van der Waals surface area (Å²) in [4.78, 5) is 24.1. The molecular weight excluding hydrogens is 220 g/mol. The fourth-order valence-electron chi connectivity index (χ4n) is 1.91. The Labute approximate surface area is 102 Å². The minimum absolute atomic E-state index is 0.171. The maximum Gasteiger partial charge on any atom is 0.326 e. The molecule has 17 heavy (non-hydrogen) atoms. The van der Waals surface area contributed by atoms with Gasteiger partial charge in [-0.1, -0.05) is 20.8 Å². The van der Waals surface area contributed by atoms with Gasteiger partial charge in [0.1, 0.15) is 6.04 Å². The van der Waals surface area contributed by atoms with E-state index in [9.17, 15) is 9.59 Å². The van der Waals surface area contributed by atoms with Gasteiger partial charge < -0.3 is 15.3 Å². The second-order valence-corrected chi connectivity index (χ2v) is 5.73. The van der Waals surface area contributed by atoms with Gasteiger partial charge in [0, 0.05) is 13.1 Å². The molecular formula is C12H22N2O3.